The molecule has 0 saturated carbocycles. The maximum atomic E-state index is 13.8. The number of nitro groups is 1. The molecule has 2 aromatic carbocycles. The zero-order chi connectivity index (χ0) is 28.9. The Balaban J connectivity index is 1.91. The van der Waals surface area contributed by atoms with Gasteiger partial charge in [0, 0.05) is 41.3 Å². The van der Waals surface area contributed by atoms with E-state index in [-0.39, 0.29) is 33.7 Å². The highest BCUT2D eigenvalue weighted by Crippen LogP contribution is 2.41. The fourth-order valence-electron chi connectivity index (χ4n) is 5.12. The van der Waals surface area contributed by atoms with E-state index in [0.717, 1.165) is 11.6 Å². The van der Waals surface area contributed by atoms with Crippen molar-refractivity contribution in [2.45, 2.75) is 94.5 Å². The van der Waals surface area contributed by atoms with Gasteiger partial charge in [-0.3, -0.25) is 10.1 Å². The van der Waals surface area contributed by atoms with Gasteiger partial charge in [-0.1, -0.05) is 39.0 Å². The van der Waals surface area contributed by atoms with Crippen molar-refractivity contribution in [3.05, 3.63) is 63.7 Å². The molecule has 0 aliphatic carbocycles. The summed E-state index contributed by atoms with van der Waals surface area (Å²) in [6.45, 7) is 14.8. The first-order chi connectivity index (χ1) is 17.2. The number of hydrazone groups is 1. The second-order valence-electron chi connectivity index (χ2n) is 12.0. The van der Waals surface area contributed by atoms with Crippen LogP contribution in [0.2, 0.25) is 0 Å². The van der Waals surface area contributed by atoms with Gasteiger partial charge in [0.2, 0.25) is 10.0 Å². The molecule has 1 heterocycles. The van der Waals surface area contributed by atoms with E-state index in [9.17, 15) is 26.9 Å². The first-order valence-electron chi connectivity index (χ1n) is 12.2. The summed E-state index contributed by atoms with van der Waals surface area (Å²) in [6.07, 6.45) is 0.374. The number of piperidine rings is 1. The van der Waals surface area contributed by atoms with Crippen LogP contribution in [0.25, 0.3) is 0 Å². The van der Waals surface area contributed by atoms with Gasteiger partial charge in [-0.15, -0.1) is 0 Å². The van der Waals surface area contributed by atoms with E-state index in [4.69, 9.17) is 0 Å². The minimum Gasteiger partial charge on any atom is -0.258 e. The predicted molar refractivity (Wildman–Crippen MR) is 147 cm³/mol. The zero-order valence-corrected chi connectivity index (χ0v) is 24.7. The third-order valence-electron chi connectivity index (χ3n) is 6.64. The van der Waals surface area contributed by atoms with Crippen molar-refractivity contribution in [3.63, 3.8) is 0 Å². The lowest BCUT2D eigenvalue weighted by atomic mass is 9.81. The summed E-state index contributed by atoms with van der Waals surface area (Å²) < 4.78 is 54.8. The smallest absolute Gasteiger partial charge is 0.258 e. The zero-order valence-electron chi connectivity index (χ0n) is 23.1. The van der Waals surface area contributed by atoms with Crippen molar-refractivity contribution in [2.75, 3.05) is 0 Å². The molecule has 0 radical (unpaired) electrons. The fraction of sp³-hybridized carbons (Fsp3) is 0.500. The van der Waals surface area contributed by atoms with Gasteiger partial charge in [0.1, 0.15) is 0 Å². The number of nitrogens with zero attached hydrogens (tertiary/aromatic N) is 3. The molecule has 0 atom stereocenters. The van der Waals surface area contributed by atoms with E-state index >= 15 is 0 Å². The van der Waals surface area contributed by atoms with Crippen LogP contribution in [0.5, 0.6) is 0 Å². The molecule has 2 aromatic rings. The van der Waals surface area contributed by atoms with Crippen LogP contribution in [0.4, 0.5) is 5.69 Å². The maximum absolute atomic E-state index is 13.8. The predicted octanol–water partition coefficient (Wildman–Crippen LogP) is 4.88. The number of hydrogen-bond donors (Lipinski definition) is 1. The molecule has 0 unspecified atom stereocenters. The van der Waals surface area contributed by atoms with Gasteiger partial charge in [-0.05, 0) is 63.8 Å². The fourth-order valence-corrected chi connectivity index (χ4v) is 8.11. The van der Waals surface area contributed by atoms with Crippen LogP contribution in [0.15, 0.2) is 57.4 Å². The van der Waals surface area contributed by atoms with Crippen LogP contribution in [0.1, 0.15) is 72.4 Å². The summed E-state index contributed by atoms with van der Waals surface area (Å²) in [7, 11) is -8.07. The van der Waals surface area contributed by atoms with Gasteiger partial charge in [-0.25, -0.2) is 13.2 Å². The second kappa shape index (κ2) is 9.73. The molecular weight excluding hydrogens is 528 g/mol. The summed E-state index contributed by atoms with van der Waals surface area (Å²) in [4.78, 5) is 12.7. The lowest BCUT2D eigenvalue weighted by Gasteiger charge is -2.51. The van der Waals surface area contributed by atoms with E-state index in [1.807, 2.05) is 12.1 Å². The average molecular weight is 565 g/mol. The van der Waals surface area contributed by atoms with E-state index in [0.29, 0.717) is 11.3 Å². The quantitative estimate of drug-likeness (QED) is 0.392. The normalized spacial score (nSPS) is 18.2. The third kappa shape index (κ3) is 5.92. The largest absolute Gasteiger partial charge is 0.276 e. The Bertz CT molecular complexity index is 1470. The van der Waals surface area contributed by atoms with Crippen molar-refractivity contribution >= 4 is 31.4 Å². The molecule has 1 fully saturated rings. The molecule has 3 rings (SSSR count). The van der Waals surface area contributed by atoms with Crippen LogP contribution < -0.4 is 4.83 Å². The topological polar surface area (TPSA) is 139 Å². The summed E-state index contributed by atoms with van der Waals surface area (Å²) in [6, 6.07) is 10.5. The van der Waals surface area contributed by atoms with Gasteiger partial charge in [-0.2, -0.15) is 17.8 Å². The maximum Gasteiger partial charge on any atom is 0.276 e. The highest BCUT2D eigenvalue weighted by atomic mass is 32.2. The van der Waals surface area contributed by atoms with Crippen molar-refractivity contribution in [2.24, 2.45) is 5.10 Å². The van der Waals surface area contributed by atoms with Crippen LogP contribution in [0, 0.1) is 17.0 Å². The molecule has 10 nitrogen and oxygen atoms in total. The van der Waals surface area contributed by atoms with Crippen molar-refractivity contribution < 1.29 is 21.8 Å². The molecule has 1 aliphatic heterocycles. The highest BCUT2D eigenvalue weighted by molar-refractivity contribution is 7.89. The monoisotopic (exact) mass is 564 g/mol. The molecule has 1 saturated heterocycles. The number of hydrogen-bond acceptors (Lipinski definition) is 7. The first-order valence-corrected chi connectivity index (χ1v) is 15.1. The molecular formula is C26H36N4O6S2. The van der Waals surface area contributed by atoms with Gasteiger partial charge in [0.25, 0.3) is 15.7 Å². The lowest BCUT2D eigenvalue weighted by molar-refractivity contribution is -0.385. The van der Waals surface area contributed by atoms with Gasteiger partial charge >= 0.3 is 0 Å². The average Bonchev–Trinajstić information content (AvgIpc) is 2.75. The molecule has 0 spiro atoms. The standard InChI is InChI=1S/C26H36N4O6S2/c1-18-9-12-22(15-23(18)29(31)32)37(33,34)28-27-20-16-25(5,6)30(26(7,8)17-20)38(35,36)21-13-10-19(11-14-21)24(2,3)4/h9-15,28H,16-17H2,1-8H3. The SMILES string of the molecule is Cc1ccc(S(=O)(=O)NN=C2CC(C)(C)N(S(=O)(=O)c3ccc(C(C)(C)C)cc3)C(C)(C)C2)cc1[N+](=O)[O-]. The Labute approximate surface area is 225 Å². The molecule has 38 heavy (non-hydrogen) atoms. The highest BCUT2D eigenvalue weighted by Gasteiger charge is 2.51. The Morgan fingerprint density at radius 3 is 1.89 bits per heavy atom. The Hall–Kier alpha value is -2.83. The molecule has 1 aliphatic rings. The van der Waals surface area contributed by atoms with E-state index in [1.54, 1.807) is 39.8 Å². The number of sulfonamides is 2. The minimum atomic E-state index is -4.18. The molecule has 208 valence electrons. The van der Waals surface area contributed by atoms with Gasteiger partial charge in [0.05, 0.1) is 14.7 Å². The molecule has 0 aromatic heterocycles. The summed E-state index contributed by atoms with van der Waals surface area (Å²) >= 11 is 0. The summed E-state index contributed by atoms with van der Waals surface area (Å²) in [5.74, 6) is 0. The molecule has 0 amide bonds. The van der Waals surface area contributed by atoms with Crippen LogP contribution in [0.3, 0.4) is 0 Å². The van der Waals surface area contributed by atoms with Crippen molar-refractivity contribution in [1.29, 1.82) is 0 Å². The summed E-state index contributed by atoms with van der Waals surface area (Å²) in [5, 5.41) is 15.4. The first kappa shape index (κ1) is 29.7. The second-order valence-corrected chi connectivity index (χ2v) is 15.4. The van der Waals surface area contributed by atoms with Crippen LogP contribution >= 0.6 is 0 Å². The lowest BCUT2D eigenvalue weighted by Crippen LogP contribution is -2.63. The number of nitrogens with one attached hydrogen (secondary N) is 1. The Morgan fingerprint density at radius 1 is 0.921 bits per heavy atom. The number of benzene rings is 2. The van der Waals surface area contributed by atoms with Gasteiger partial charge < -0.3 is 0 Å². The van der Waals surface area contributed by atoms with E-state index in [1.165, 1.54) is 23.4 Å². The Kier molecular flexibility index (Phi) is 7.61. The molecule has 0 bridgehead atoms. The molecule has 1 N–H and O–H groups in total. The molecule has 12 heteroatoms. The van der Waals surface area contributed by atoms with Gasteiger partial charge in [0.15, 0.2) is 0 Å². The Morgan fingerprint density at radius 2 is 1.42 bits per heavy atom. The van der Waals surface area contributed by atoms with E-state index in [2.05, 4.69) is 30.7 Å². The van der Waals surface area contributed by atoms with Crippen LogP contribution in [-0.2, 0) is 25.5 Å². The number of aryl methyl sites for hydroxylation is 1. The van der Waals surface area contributed by atoms with E-state index < -0.39 is 36.0 Å². The van der Waals surface area contributed by atoms with Crippen LogP contribution in [-0.4, -0.2) is 42.9 Å². The summed E-state index contributed by atoms with van der Waals surface area (Å²) in [5.41, 5.74) is -0.434. The van der Waals surface area contributed by atoms with Crippen molar-refractivity contribution in [1.82, 2.24) is 9.14 Å². The minimum absolute atomic E-state index is 0.117. The third-order valence-corrected chi connectivity index (χ3v) is 10.2. The number of rotatable bonds is 6. The van der Waals surface area contributed by atoms with Crippen molar-refractivity contribution in [3.8, 4) is 0 Å². The number of nitro benzene ring substituents is 1.